The number of hydrogen-bond acceptors (Lipinski definition) is 3. The third-order valence-corrected chi connectivity index (χ3v) is 2.04. The molecule has 0 aliphatic rings. The lowest BCUT2D eigenvalue weighted by molar-refractivity contribution is -0.124. The number of imidazole rings is 1. The van der Waals surface area contributed by atoms with Gasteiger partial charge in [-0.1, -0.05) is 0 Å². The van der Waals surface area contributed by atoms with Crippen LogP contribution < -0.4 is 5.32 Å². The summed E-state index contributed by atoms with van der Waals surface area (Å²) in [5.74, 6) is -0.119. The van der Waals surface area contributed by atoms with E-state index < -0.39 is 6.04 Å². The van der Waals surface area contributed by atoms with Crippen LogP contribution in [0.2, 0.25) is 0 Å². The van der Waals surface area contributed by atoms with E-state index in [2.05, 4.69) is 10.3 Å². The molecule has 0 aliphatic heterocycles. The fraction of sp³-hybridized carbons (Fsp3) is 0.500. The van der Waals surface area contributed by atoms with Crippen molar-refractivity contribution in [2.24, 2.45) is 0 Å². The monoisotopic (exact) mass is 209 g/mol. The molecule has 1 atom stereocenters. The zero-order valence-electron chi connectivity index (χ0n) is 9.10. The summed E-state index contributed by atoms with van der Waals surface area (Å²) in [5.41, 5.74) is 0.404. The predicted molar refractivity (Wildman–Crippen MR) is 55.6 cm³/mol. The molecule has 0 radical (unpaired) electrons. The van der Waals surface area contributed by atoms with Crippen LogP contribution in [0.3, 0.4) is 0 Å². The summed E-state index contributed by atoms with van der Waals surface area (Å²) >= 11 is 0. The van der Waals surface area contributed by atoms with Crippen LogP contribution in [0.25, 0.3) is 0 Å². The molecule has 82 valence electrons. The third kappa shape index (κ3) is 2.65. The molecular weight excluding hydrogens is 194 g/mol. The molecule has 0 bridgehead atoms. The van der Waals surface area contributed by atoms with Crippen LogP contribution in [0.1, 0.15) is 37.3 Å². The molecular formula is C10H15N3O2. The molecule has 1 heterocycles. The molecule has 1 rings (SSSR count). The molecule has 1 unspecified atom stereocenters. The summed E-state index contributed by atoms with van der Waals surface area (Å²) in [4.78, 5) is 26.1. The number of nitrogens with zero attached hydrogens (tertiary/aromatic N) is 2. The maximum Gasteiger partial charge on any atom is 0.243 e. The largest absolute Gasteiger partial charge is 0.352 e. The predicted octanol–water partition coefficient (Wildman–Crippen LogP) is 0.781. The number of aromatic nitrogens is 2. The number of rotatable bonds is 4. The van der Waals surface area contributed by atoms with Crippen molar-refractivity contribution in [3.05, 3.63) is 18.2 Å². The SMILES string of the molecule is CC(C)NC(=O)C(C)n1cncc1C=O. The first-order valence-corrected chi connectivity index (χ1v) is 4.83. The van der Waals surface area contributed by atoms with Crippen LogP contribution in [0.5, 0.6) is 0 Å². The maximum atomic E-state index is 11.6. The molecule has 0 spiro atoms. The zero-order valence-corrected chi connectivity index (χ0v) is 9.10. The van der Waals surface area contributed by atoms with E-state index >= 15 is 0 Å². The van der Waals surface area contributed by atoms with Gasteiger partial charge in [0.15, 0.2) is 6.29 Å². The van der Waals surface area contributed by atoms with Gasteiger partial charge in [0.1, 0.15) is 11.7 Å². The molecule has 0 aliphatic carbocycles. The molecule has 0 saturated carbocycles. The van der Waals surface area contributed by atoms with Crippen LogP contribution in [0.15, 0.2) is 12.5 Å². The van der Waals surface area contributed by atoms with Gasteiger partial charge in [0, 0.05) is 6.04 Å². The van der Waals surface area contributed by atoms with E-state index in [1.807, 2.05) is 13.8 Å². The standard InChI is InChI=1S/C10H15N3O2/c1-7(2)12-10(15)8(3)13-6-11-4-9(13)5-14/h4-8H,1-3H3,(H,12,15). The Morgan fingerprint density at radius 2 is 2.20 bits per heavy atom. The summed E-state index contributed by atoms with van der Waals surface area (Å²) in [6, 6.07) is -0.335. The van der Waals surface area contributed by atoms with Crippen LogP contribution in [-0.2, 0) is 4.79 Å². The first-order valence-electron chi connectivity index (χ1n) is 4.83. The van der Waals surface area contributed by atoms with E-state index in [0.717, 1.165) is 0 Å². The Morgan fingerprint density at radius 1 is 1.53 bits per heavy atom. The highest BCUT2D eigenvalue weighted by molar-refractivity contribution is 5.81. The Hall–Kier alpha value is -1.65. The summed E-state index contributed by atoms with van der Waals surface area (Å²) in [6.45, 7) is 5.50. The minimum Gasteiger partial charge on any atom is -0.352 e. The third-order valence-electron chi connectivity index (χ3n) is 2.04. The zero-order chi connectivity index (χ0) is 11.4. The molecule has 0 aromatic carbocycles. The van der Waals surface area contributed by atoms with Gasteiger partial charge in [-0.3, -0.25) is 9.59 Å². The van der Waals surface area contributed by atoms with E-state index in [1.54, 1.807) is 11.5 Å². The lowest BCUT2D eigenvalue weighted by Gasteiger charge is -2.16. The fourth-order valence-corrected chi connectivity index (χ4v) is 1.26. The quantitative estimate of drug-likeness (QED) is 0.745. The molecule has 5 heteroatoms. The molecule has 15 heavy (non-hydrogen) atoms. The molecule has 1 N–H and O–H groups in total. The van der Waals surface area contributed by atoms with Crippen molar-refractivity contribution in [2.45, 2.75) is 32.9 Å². The van der Waals surface area contributed by atoms with Crippen molar-refractivity contribution in [2.75, 3.05) is 0 Å². The summed E-state index contributed by atoms with van der Waals surface area (Å²) in [6.07, 6.45) is 3.60. The second-order valence-electron chi connectivity index (χ2n) is 3.68. The Bertz CT molecular complexity index is 357. The van der Waals surface area contributed by atoms with E-state index in [1.165, 1.54) is 12.5 Å². The van der Waals surface area contributed by atoms with E-state index in [9.17, 15) is 9.59 Å². The highest BCUT2D eigenvalue weighted by atomic mass is 16.2. The van der Waals surface area contributed by atoms with Crippen molar-refractivity contribution in [1.29, 1.82) is 0 Å². The molecule has 1 aromatic rings. The molecule has 0 fully saturated rings. The average Bonchev–Trinajstić information content (AvgIpc) is 2.62. The molecule has 1 amide bonds. The Balaban J connectivity index is 2.80. The summed E-state index contributed by atoms with van der Waals surface area (Å²) in [5, 5.41) is 2.78. The highest BCUT2D eigenvalue weighted by Crippen LogP contribution is 2.08. The van der Waals surface area contributed by atoms with Crippen molar-refractivity contribution < 1.29 is 9.59 Å². The van der Waals surface area contributed by atoms with Crippen LogP contribution in [0.4, 0.5) is 0 Å². The number of carbonyl (C=O) groups is 2. The van der Waals surface area contributed by atoms with E-state index in [-0.39, 0.29) is 11.9 Å². The number of nitrogens with one attached hydrogen (secondary N) is 1. The lowest BCUT2D eigenvalue weighted by atomic mass is 10.2. The van der Waals surface area contributed by atoms with Gasteiger partial charge in [0.25, 0.3) is 0 Å². The first-order chi connectivity index (χ1) is 7.06. The Kier molecular flexibility index (Phi) is 3.60. The van der Waals surface area contributed by atoms with Gasteiger partial charge in [-0.2, -0.15) is 0 Å². The van der Waals surface area contributed by atoms with Gasteiger partial charge >= 0.3 is 0 Å². The van der Waals surface area contributed by atoms with Crippen LogP contribution in [-0.4, -0.2) is 27.8 Å². The maximum absolute atomic E-state index is 11.6. The van der Waals surface area contributed by atoms with E-state index in [4.69, 9.17) is 0 Å². The van der Waals surface area contributed by atoms with Crippen molar-refractivity contribution in [3.8, 4) is 0 Å². The van der Waals surface area contributed by atoms with Crippen molar-refractivity contribution in [3.63, 3.8) is 0 Å². The number of amides is 1. The minimum absolute atomic E-state index is 0.0863. The van der Waals surface area contributed by atoms with Gasteiger partial charge in [-0.05, 0) is 20.8 Å². The molecule has 1 aromatic heterocycles. The van der Waals surface area contributed by atoms with Crippen LogP contribution in [0, 0.1) is 0 Å². The fourth-order valence-electron chi connectivity index (χ4n) is 1.26. The first kappa shape index (κ1) is 11.4. The Labute approximate surface area is 88.5 Å². The van der Waals surface area contributed by atoms with Crippen molar-refractivity contribution >= 4 is 12.2 Å². The lowest BCUT2D eigenvalue weighted by Crippen LogP contribution is -2.35. The smallest absolute Gasteiger partial charge is 0.243 e. The minimum atomic E-state index is -0.421. The normalized spacial score (nSPS) is 12.5. The second-order valence-corrected chi connectivity index (χ2v) is 3.68. The van der Waals surface area contributed by atoms with Gasteiger partial charge < -0.3 is 9.88 Å². The van der Waals surface area contributed by atoms with Gasteiger partial charge in [-0.15, -0.1) is 0 Å². The second kappa shape index (κ2) is 4.72. The molecule has 0 saturated heterocycles. The number of carbonyl (C=O) groups excluding carboxylic acids is 2. The van der Waals surface area contributed by atoms with Crippen molar-refractivity contribution in [1.82, 2.24) is 14.9 Å². The summed E-state index contributed by atoms with van der Waals surface area (Å²) < 4.78 is 1.55. The Morgan fingerprint density at radius 3 is 2.73 bits per heavy atom. The number of hydrogen-bond donors (Lipinski definition) is 1. The highest BCUT2D eigenvalue weighted by Gasteiger charge is 2.17. The topological polar surface area (TPSA) is 64.0 Å². The van der Waals surface area contributed by atoms with Crippen LogP contribution >= 0.6 is 0 Å². The van der Waals surface area contributed by atoms with Gasteiger partial charge in [0.2, 0.25) is 5.91 Å². The number of aldehydes is 1. The molecule has 5 nitrogen and oxygen atoms in total. The van der Waals surface area contributed by atoms with Gasteiger partial charge in [-0.25, -0.2) is 4.98 Å². The van der Waals surface area contributed by atoms with E-state index in [0.29, 0.717) is 12.0 Å². The summed E-state index contributed by atoms with van der Waals surface area (Å²) in [7, 11) is 0. The van der Waals surface area contributed by atoms with Gasteiger partial charge in [0.05, 0.1) is 12.5 Å². The average molecular weight is 209 g/mol.